The van der Waals surface area contributed by atoms with Crippen LogP contribution in [0.2, 0.25) is 0 Å². The summed E-state index contributed by atoms with van der Waals surface area (Å²) in [5, 5.41) is 2.73. The van der Waals surface area contributed by atoms with Gasteiger partial charge in [0.1, 0.15) is 6.54 Å². The van der Waals surface area contributed by atoms with E-state index >= 15 is 0 Å². The standard InChI is InChI=1S/C11H15BrN2O2/c1-3-4-13-10(15)7-14-6-9(12)5-8(2)11(14)16/h5-6H,3-4,7H2,1-2H3,(H,13,15). The van der Waals surface area contributed by atoms with E-state index < -0.39 is 0 Å². The first-order valence-corrected chi connectivity index (χ1v) is 5.97. The van der Waals surface area contributed by atoms with Crippen molar-refractivity contribution in [2.24, 2.45) is 0 Å². The molecule has 0 aliphatic rings. The maximum absolute atomic E-state index is 11.7. The minimum Gasteiger partial charge on any atom is -0.355 e. The summed E-state index contributed by atoms with van der Waals surface area (Å²) in [6.45, 7) is 4.42. The second-order valence-electron chi connectivity index (χ2n) is 3.62. The summed E-state index contributed by atoms with van der Waals surface area (Å²) in [5.41, 5.74) is 0.493. The van der Waals surface area contributed by atoms with Crippen LogP contribution in [-0.4, -0.2) is 17.0 Å². The summed E-state index contributed by atoms with van der Waals surface area (Å²) < 4.78 is 2.21. The summed E-state index contributed by atoms with van der Waals surface area (Å²) >= 11 is 3.30. The molecular weight excluding hydrogens is 272 g/mol. The van der Waals surface area contributed by atoms with Crippen molar-refractivity contribution in [3.8, 4) is 0 Å². The van der Waals surface area contributed by atoms with Crippen molar-refractivity contribution in [3.05, 3.63) is 32.7 Å². The van der Waals surface area contributed by atoms with E-state index in [0.717, 1.165) is 10.9 Å². The van der Waals surface area contributed by atoms with E-state index in [0.29, 0.717) is 12.1 Å². The second kappa shape index (κ2) is 5.84. The molecule has 0 bridgehead atoms. The summed E-state index contributed by atoms with van der Waals surface area (Å²) in [6.07, 6.45) is 2.51. The lowest BCUT2D eigenvalue weighted by Gasteiger charge is -2.08. The van der Waals surface area contributed by atoms with Crippen LogP contribution in [0.15, 0.2) is 21.5 Å². The Balaban J connectivity index is 2.81. The number of aromatic nitrogens is 1. The lowest BCUT2D eigenvalue weighted by molar-refractivity contribution is -0.121. The first kappa shape index (κ1) is 13.0. The number of rotatable bonds is 4. The number of nitrogens with one attached hydrogen (secondary N) is 1. The molecule has 0 fully saturated rings. The van der Waals surface area contributed by atoms with Crippen LogP contribution in [0.5, 0.6) is 0 Å². The molecule has 16 heavy (non-hydrogen) atoms. The van der Waals surface area contributed by atoms with Crippen molar-refractivity contribution in [2.45, 2.75) is 26.8 Å². The Bertz CT molecular complexity index is 440. The van der Waals surface area contributed by atoms with Crippen LogP contribution in [0.1, 0.15) is 18.9 Å². The van der Waals surface area contributed by atoms with E-state index in [-0.39, 0.29) is 18.0 Å². The molecule has 0 spiro atoms. The molecule has 1 heterocycles. The Labute approximate surface area is 103 Å². The molecule has 1 rings (SSSR count). The molecule has 4 nitrogen and oxygen atoms in total. The van der Waals surface area contributed by atoms with Crippen LogP contribution < -0.4 is 10.9 Å². The maximum atomic E-state index is 11.7. The van der Waals surface area contributed by atoms with Gasteiger partial charge in [0, 0.05) is 22.8 Å². The lowest BCUT2D eigenvalue weighted by atomic mass is 10.3. The van der Waals surface area contributed by atoms with Crippen LogP contribution >= 0.6 is 15.9 Å². The average Bonchev–Trinajstić information content (AvgIpc) is 2.22. The number of halogens is 1. The summed E-state index contributed by atoms with van der Waals surface area (Å²) in [7, 11) is 0. The molecule has 0 atom stereocenters. The average molecular weight is 287 g/mol. The zero-order valence-corrected chi connectivity index (χ0v) is 11.0. The second-order valence-corrected chi connectivity index (χ2v) is 4.54. The Morgan fingerprint density at radius 1 is 1.56 bits per heavy atom. The monoisotopic (exact) mass is 286 g/mol. The molecule has 0 aromatic carbocycles. The predicted molar refractivity (Wildman–Crippen MR) is 66.4 cm³/mol. The molecule has 0 saturated carbocycles. The van der Waals surface area contributed by atoms with Crippen molar-refractivity contribution < 1.29 is 4.79 Å². The highest BCUT2D eigenvalue weighted by Gasteiger charge is 2.06. The Morgan fingerprint density at radius 3 is 2.88 bits per heavy atom. The molecule has 88 valence electrons. The number of hydrogen-bond acceptors (Lipinski definition) is 2. The topological polar surface area (TPSA) is 51.1 Å². The highest BCUT2D eigenvalue weighted by atomic mass is 79.9. The molecule has 0 unspecified atom stereocenters. The molecule has 1 aromatic rings. The number of amides is 1. The van der Waals surface area contributed by atoms with Gasteiger partial charge in [-0.1, -0.05) is 6.92 Å². The van der Waals surface area contributed by atoms with Crippen molar-refractivity contribution in [1.82, 2.24) is 9.88 Å². The third kappa shape index (κ3) is 3.48. The van der Waals surface area contributed by atoms with E-state index in [4.69, 9.17) is 0 Å². The maximum Gasteiger partial charge on any atom is 0.253 e. The van der Waals surface area contributed by atoms with Gasteiger partial charge in [-0.2, -0.15) is 0 Å². The number of aryl methyl sites for hydroxylation is 1. The van der Waals surface area contributed by atoms with Crippen molar-refractivity contribution in [2.75, 3.05) is 6.54 Å². The quantitative estimate of drug-likeness (QED) is 0.911. The number of carbonyl (C=O) groups is 1. The number of pyridine rings is 1. The third-order valence-corrected chi connectivity index (χ3v) is 2.55. The third-order valence-electron chi connectivity index (χ3n) is 2.12. The van der Waals surface area contributed by atoms with Crippen molar-refractivity contribution in [3.63, 3.8) is 0 Å². The molecular formula is C11H15BrN2O2. The summed E-state index contributed by atoms with van der Waals surface area (Å²) in [5.74, 6) is -0.138. The number of hydrogen-bond donors (Lipinski definition) is 1. The smallest absolute Gasteiger partial charge is 0.253 e. The fourth-order valence-corrected chi connectivity index (χ4v) is 1.92. The van der Waals surface area contributed by atoms with Gasteiger partial charge in [0.25, 0.3) is 5.56 Å². The largest absolute Gasteiger partial charge is 0.355 e. The zero-order chi connectivity index (χ0) is 12.1. The fourth-order valence-electron chi connectivity index (χ4n) is 1.33. The van der Waals surface area contributed by atoms with Gasteiger partial charge >= 0.3 is 0 Å². The Morgan fingerprint density at radius 2 is 2.25 bits per heavy atom. The molecule has 0 aliphatic heterocycles. The van der Waals surface area contributed by atoms with Crippen LogP contribution in [0, 0.1) is 6.92 Å². The first-order valence-electron chi connectivity index (χ1n) is 5.18. The Hall–Kier alpha value is -1.10. The number of nitrogens with zero attached hydrogens (tertiary/aromatic N) is 1. The van der Waals surface area contributed by atoms with Gasteiger partial charge in [-0.3, -0.25) is 9.59 Å². The van der Waals surface area contributed by atoms with Crippen LogP contribution in [0.4, 0.5) is 0 Å². The van der Waals surface area contributed by atoms with Gasteiger partial charge in [0.15, 0.2) is 0 Å². The Kier molecular flexibility index (Phi) is 4.73. The molecule has 1 amide bonds. The predicted octanol–water partition coefficient (Wildman–Crippen LogP) is 1.45. The van der Waals surface area contributed by atoms with Crippen LogP contribution in [-0.2, 0) is 11.3 Å². The van der Waals surface area contributed by atoms with Gasteiger partial charge in [-0.25, -0.2) is 0 Å². The van der Waals surface area contributed by atoms with Crippen molar-refractivity contribution in [1.29, 1.82) is 0 Å². The molecule has 1 aromatic heterocycles. The molecule has 0 radical (unpaired) electrons. The van der Waals surface area contributed by atoms with E-state index in [1.807, 2.05) is 6.92 Å². The lowest BCUT2D eigenvalue weighted by Crippen LogP contribution is -2.33. The molecule has 1 N–H and O–H groups in total. The van der Waals surface area contributed by atoms with Gasteiger partial charge in [-0.05, 0) is 35.3 Å². The summed E-state index contributed by atoms with van der Waals surface area (Å²) in [4.78, 5) is 23.2. The minimum atomic E-state index is -0.138. The van der Waals surface area contributed by atoms with Gasteiger partial charge in [0.05, 0.1) is 0 Å². The van der Waals surface area contributed by atoms with Gasteiger partial charge < -0.3 is 9.88 Å². The highest BCUT2D eigenvalue weighted by Crippen LogP contribution is 2.07. The van der Waals surface area contributed by atoms with Crippen LogP contribution in [0.25, 0.3) is 0 Å². The molecule has 0 aliphatic carbocycles. The van der Waals surface area contributed by atoms with E-state index in [1.165, 1.54) is 4.57 Å². The molecule has 5 heteroatoms. The summed E-state index contributed by atoms with van der Waals surface area (Å²) in [6, 6.07) is 1.74. The van der Waals surface area contributed by atoms with Crippen molar-refractivity contribution >= 4 is 21.8 Å². The minimum absolute atomic E-state index is 0.0686. The van der Waals surface area contributed by atoms with E-state index in [2.05, 4.69) is 21.2 Å². The van der Waals surface area contributed by atoms with E-state index in [9.17, 15) is 9.59 Å². The van der Waals surface area contributed by atoms with Crippen LogP contribution in [0.3, 0.4) is 0 Å². The SMILES string of the molecule is CCCNC(=O)Cn1cc(Br)cc(C)c1=O. The molecule has 0 saturated heterocycles. The van der Waals surface area contributed by atoms with Gasteiger partial charge in [0.2, 0.25) is 5.91 Å². The first-order chi connectivity index (χ1) is 7.54. The highest BCUT2D eigenvalue weighted by molar-refractivity contribution is 9.10. The zero-order valence-electron chi connectivity index (χ0n) is 9.42. The van der Waals surface area contributed by atoms with E-state index in [1.54, 1.807) is 19.2 Å². The van der Waals surface area contributed by atoms with Gasteiger partial charge in [-0.15, -0.1) is 0 Å². The normalized spacial score (nSPS) is 10.2. The fraction of sp³-hybridized carbons (Fsp3) is 0.455. The number of carbonyl (C=O) groups excluding carboxylic acids is 1.